The molecule has 0 aromatic heterocycles. The molecule has 0 atom stereocenters. The number of anilines is 2. The van der Waals surface area contributed by atoms with Crippen molar-refractivity contribution >= 4 is 27.3 Å². The van der Waals surface area contributed by atoms with Gasteiger partial charge in [-0.1, -0.05) is 19.1 Å². The van der Waals surface area contributed by atoms with Crippen molar-refractivity contribution < 1.29 is 13.2 Å². The normalized spacial score (nSPS) is 15.2. The molecule has 1 fully saturated rings. The molecule has 1 aliphatic rings. The maximum Gasteiger partial charge on any atom is 0.261 e. The Hall–Kier alpha value is -2.34. The van der Waals surface area contributed by atoms with Gasteiger partial charge in [-0.05, 0) is 61.2 Å². The van der Waals surface area contributed by atoms with Crippen LogP contribution in [0, 0.1) is 0 Å². The number of nitrogens with one attached hydrogen (secondary N) is 1. The number of rotatable bonds is 5. The molecule has 1 aliphatic heterocycles. The average Bonchev–Trinajstić information content (AvgIpc) is 2.63. The van der Waals surface area contributed by atoms with Gasteiger partial charge in [0.1, 0.15) is 0 Å². The smallest absolute Gasteiger partial charge is 0.261 e. The predicted molar refractivity (Wildman–Crippen MR) is 99.3 cm³/mol. The fourth-order valence-corrected chi connectivity index (χ4v) is 3.97. The number of carbonyl (C=O) groups is 1. The van der Waals surface area contributed by atoms with Crippen LogP contribution >= 0.6 is 0 Å². The minimum Gasteiger partial charge on any atom is -0.312 e. The highest BCUT2D eigenvalue weighted by Gasteiger charge is 2.20. The van der Waals surface area contributed by atoms with E-state index in [0.29, 0.717) is 18.7 Å². The molecule has 0 saturated carbocycles. The van der Waals surface area contributed by atoms with Crippen LogP contribution in [0.15, 0.2) is 53.4 Å². The van der Waals surface area contributed by atoms with Crippen molar-refractivity contribution in [2.24, 2.45) is 0 Å². The Kier molecular flexibility index (Phi) is 5.08. The van der Waals surface area contributed by atoms with E-state index in [0.717, 1.165) is 30.5 Å². The third-order valence-corrected chi connectivity index (χ3v) is 5.79. The first-order chi connectivity index (χ1) is 12.0. The van der Waals surface area contributed by atoms with Crippen LogP contribution in [0.2, 0.25) is 0 Å². The highest BCUT2D eigenvalue weighted by molar-refractivity contribution is 7.92. The summed E-state index contributed by atoms with van der Waals surface area (Å²) in [7, 11) is -3.65. The zero-order valence-electron chi connectivity index (χ0n) is 14.2. The van der Waals surface area contributed by atoms with Crippen LogP contribution in [0.3, 0.4) is 0 Å². The summed E-state index contributed by atoms with van der Waals surface area (Å²) in [6.07, 6.45) is 3.35. The number of sulfonamides is 1. The van der Waals surface area contributed by atoms with E-state index in [1.165, 1.54) is 0 Å². The van der Waals surface area contributed by atoms with Gasteiger partial charge in [0.05, 0.1) is 4.90 Å². The van der Waals surface area contributed by atoms with Gasteiger partial charge in [0.15, 0.2) is 0 Å². The van der Waals surface area contributed by atoms with Crippen LogP contribution in [0.25, 0.3) is 0 Å². The molecule has 0 radical (unpaired) electrons. The highest BCUT2D eigenvalue weighted by Crippen LogP contribution is 2.24. The number of amides is 1. The molecule has 6 heteroatoms. The van der Waals surface area contributed by atoms with Crippen LogP contribution in [-0.2, 0) is 21.2 Å². The molecule has 1 saturated heterocycles. The standard InChI is InChI=1S/C19H22N2O3S/c1-2-15-6-8-16(9-7-15)20-25(23,24)18-12-10-17(11-13-18)21-14-4-3-5-19(21)22/h6-13,20H,2-5,14H2,1H3. The van der Waals surface area contributed by atoms with Crippen LogP contribution in [0.1, 0.15) is 31.7 Å². The monoisotopic (exact) mass is 358 g/mol. The van der Waals surface area contributed by atoms with Gasteiger partial charge in [0, 0.05) is 24.3 Å². The Balaban J connectivity index is 1.76. The summed E-state index contributed by atoms with van der Waals surface area (Å²) < 4.78 is 27.6. The number of nitrogens with zero attached hydrogens (tertiary/aromatic N) is 1. The summed E-state index contributed by atoms with van der Waals surface area (Å²) in [6.45, 7) is 2.74. The van der Waals surface area contributed by atoms with E-state index in [1.54, 1.807) is 41.3 Å². The van der Waals surface area contributed by atoms with Gasteiger partial charge < -0.3 is 4.90 Å². The molecule has 2 aromatic rings. The fraction of sp³-hybridized carbons (Fsp3) is 0.316. The number of carbonyl (C=O) groups excluding carboxylic acids is 1. The summed E-state index contributed by atoms with van der Waals surface area (Å²) in [6, 6.07) is 13.8. The van der Waals surface area contributed by atoms with Crippen LogP contribution in [-0.4, -0.2) is 20.9 Å². The molecule has 2 aromatic carbocycles. The first kappa shape index (κ1) is 17.5. The minimum atomic E-state index is -3.65. The number of piperidine rings is 1. The third kappa shape index (κ3) is 4.02. The van der Waals surface area contributed by atoms with Crippen LogP contribution < -0.4 is 9.62 Å². The molecule has 3 rings (SSSR count). The second-order valence-electron chi connectivity index (χ2n) is 6.15. The molecule has 0 unspecified atom stereocenters. The second-order valence-corrected chi connectivity index (χ2v) is 7.83. The van der Waals surface area contributed by atoms with Gasteiger partial charge >= 0.3 is 0 Å². The molecule has 0 spiro atoms. The molecular formula is C19H22N2O3S. The molecule has 132 valence electrons. The number of hydrogen-bond acceptors (Lipinski definition) is 3. The molecule has 5 nitrogen and oxygen atoms in total. The SMILES string of the molecule is CCc1ccc(NS(=O)(=O)c2ccc(N3CCCCC3=O)cc2)cc1. The first-order valence-electron chi connectivity index (χ1n) is 8.52. The van der Waals surface area contributed by atoms with E-state index in [-0.39, 0.29) is 10.8 Å². The van der Waals surface area contributed by atoms with Crippen molar-refractivity contribution in [3.8, 4) is 0 Å². The zero-order chi connectivity index (χ0) is 17.9. The molecule has 0 aliphatic carbocycles. The molecule has 1 heterocycles. The Morgan fingerprint density at radius 1 is 1.00 bits per heavy atom. The maximum atomic E-state index is 12.5. The van der Waals surface area contributed by atoms with E-state index in [2.05, 4.69) is 4.72 Å². The van der Waals surface area contributed by atoms with E-state index in [9.17, 15) is 13.2 Å². The fourth-order valence-electron chi connectivity index (χ4n) is 2.91. The Morgan fingerprint density at radius 3 is 2.28 bits per heavy atom. The molecule has 25 heavy (non-hydrogen) atoms. The van der Waals surface area contributed by atoms with Crippen molar-refractivity contribution in [1.29, 1.82) is 0 Å². The maximum absolute atomic E-state index is 12.5. The lowest BCUT2D eigenvalue weighted by Crippen LogP contribution is -2.35. The lowest BCUT2D eigenvalue weighted by molar-refractivity contribution is -0.119. The lowest BCUT2D eigenvalue weighted by atomic mass is 10.1. The van der Waals surface area contributed by atoms with Gasteiger partial charge in [-0.15, -0.1) is 0 Å². The van der Waals surface area contributed by atoms with Gasteiger partial charge in [-0.3, -0.25) is 9.52 Å². The topological polar surface area (TPSA) is 66.5 Å². The number of benzene rings is 2. The minimum absolute atomic E-state index is 0.0935. The molecular weight excluding hydrogens is 336 g/mol. The molecule has 1 amide bonds. The lowest BCUT2D eigenvalue weighted by Gasteiger charge is -2.26. The van der Waals surface area contributed by atoms with E-state index in [4.69, 9.17) is 0 Å². The Labute approximate surface area is 148 Å². The van der Waals surface area contributed by atoms with Crippen molar-refractivity contribution in [2.75, 3.05) is 16.2 Å². The van der Waals surface area contributed by atoms with Crippen molar-refractivity contribution in [3.63, 3.8) is 0 Å². The quantitative estimate of drug-likeness (QED) is 0.888. The number of aryl methyl sites for hydroxylation is 1. The summed E-state index contributed by atoms with van der Waals surface area (Å²) in [5.41, 5.74) is 2.43. The van der Waals surface area contributed by atoms with Crippen molar-refractivity contribution in [3.05, 3.63) is 54.1 Å². The summed E-state index contributed by atoms with van der Waals surface area (Å²) >= 11 is 0. The average molecular weight is 358 g/mol. The van der Waals surface area contributed by atoms with Gasteiger partial charge in [0.25, 0.3) is 10.0 Å². The Morgan fingerprint density at radius 2 is 1.68 bits per heavy atom. The van der Waals surface area contributed by atoms with Crippen LogP contribution in [0.5, 0.6) is 0 Å². The van der Waals surface area contributed by atoms with Gasteiger partial charge in [0.2, 0.25) is 5.91 Å². The van der Waals surface area contributed by atoms with E-state index >= 15 is 0 Å². The largest absolute Gasteiger partial charge is 0.312 e. The Bertz CT molecular complexity index is 843. The van der Waals surface area contributed by atoms with Crippen LogP contribution in [0.4, 0.5) is 11.4 Å². The number of hydrogen-bond donors (Lipinski definition) is 1. The van der Waals surface area contributed by atoms with E-state index < -0.39 is 10.0 Å². The van der Waals surface area contributed by atoms with Gasteiger partial charge in [-0.2, -0.15) is 0 Å². The summed E-state index contributed by atoms with van der Waals surface area (Å²) in [5.74, 6) is 0.0935. The summed E-state index contributed by atoms with van der Waals surface area (Å²) in [4.78, 5) is 13.9. The van der Waals surface area contributed by atoms with Crippen molar-refractivity contribution in [2.45, 2.75) is 37.5 Å². The van der Waals surface area contributed by atoms with E-state index in [1.807, 2.05) is 19.1 Å². The summed E-state index contributed by atoms with van der Waals surface area (Å²) in [5, 5.41) is 0. The predicted octanol–water partition coefficient (Wildman–Crippen LogP) is 3.57. The second kappa shape index (κ2) is 7.27. The van der Waals surface area contributed by atoms with Crippen molar-refractivity contribution in [1.82, 2.24) is 0 Å². The van der Waals surface area contributed by atoms with Gasteiger partial charge in [-0.25, -0.2) is 8.42 Å². The zero-order valence-corrected chi connectivity index (χ0v) is 15.1. The highest BCUT2D eigenvalue weighted by atomic mass is 32.2. The molecule has 1 N–H and O–H groups in total. The first-order valence-corrected chi connectivity index (χ1v) is 10.00. The third-order valence-electron chi connectivity index (χ3n) is 4.40. The molecule has 0 bridgehead atoms.